The van der Waals surface area contributed by atoms with Gasteiger partial charge >= 0.3 is 23.9 Å². The summed E-state index contributed by atoms with van der Waals surface area (Å²) in [4.78, 5) is 48.9. The van der Waals surface area contributed by atoms with Crippen LogP contribution in [0, 0.1) is 11.8 Å². The minimum Gasteiger partial charge on any atom is -0.469 e. The fourth-order valence-electron chi connectivity index (χ4n) is 3.14. The summed E-state index contributed by atoms with van der Waals surface area (Å²) in [6.07, 6.45) is 0. The monoisotopic (exact) mass is 331 g/mol. The van der Waals surface area contributed by atoms with Crippen LogP contribution in [0.15, 0.2) is 0 Å². The molecule has 0 saturated carbocycles. The van der Waals surface area contributed by atoms with Crippen molar-refractivity contribution in [3.05, 3.63) is 0 Å². The van der Waals surface area contributed by atoms with Crippen molar-refractivity contribution in [2.45, 2.75) is 24.9 Å². The highest BCUT2D eigenvalue weighted by atomic mass is 16.5. The van der Waals surface area contributed by atoms with Gasteiger partial charge in [-0.2, -0.15) is 0 Å². The number of carbonyl (C=O) groups excluding carboxylic acids is 4. The van der Waals surface area contributed by atoms with E-state index in [1.807, 2.05) is 0 Å². The second kappa shape index (κ2) is 6.53. The molecular formula is C14H21NO8. The fourth-order valence-corrected chi connectivity index (χ4v) is 3.14. The van der Waals surface area contributed by atoms with Gasteiger partial charge in [-0.1, -0.05) is 0 Å². The molecule has 1 heterocycles. The Labute approximate surface area is 133 Å². The molecule has 4 atom stereocenters. The third-order valence-electron chi connectivity index (χ3n) is 4.23. The number of hydrogen-bond acceptors (Lipinski definition) is 9. The van der Waals surface area contributed by atoms with Crippen molar-refractivity contribution >= 4 is 23.9 Å². The van der Waals surface area contributed by atoms with Crippen LogP contribution in [0.1, 0.15) is 13.8 Å². The first kappa shape index (κ1) is 18.9. The maximum atomic E-state index is 12.2. The summed E-state index contributed by atoms with van der Waals surface area (Å²) >= 11 is 0. The Bertz CT molecular complexity index is 487. The standard InChI is InChI=1S/C14H21NO8/c1-13(11(18)22-5)7(9(16)20-3)8(10(17)21-4)14(2,15-13)12(19)23-6/h7-8,15H,1-6H3/t7-,8-,13-,14+/m1/s1. The van der Waals surface area contributed by atoms with Crippen molar-refractivity contribution in [1.82, 2.24) is 5.32 Å². The summed E-state index contributed by atoms with van der Waals surface area (Å²) in [5.74, 6) is -6.03. The molecule has 1 N–H and O–H groups in total. The predicted molar refractivity (Wildman–Crippen MR) is 75.0 cm³/mol. The largest absolute Gasteiger partial charge is 0.469 e. The zero-order valence-corrected chi connectivity index (χ0v) is 13.9. The number of ether oxygens (including phenoxy) is 4. The van der Waals surface area contributed by atoms with Crippen molar-refractivity contribution in [2.75, 3.05) is 28.4 Å². The second-order valence-corrected chi connectivity index (χ2v) is 5.51. The Morgan fingerprint density at radius 1 is 0.696 bits per heavy atom. The molecule has 9 nitrogen and oxygen atoms in total. The van der Waals surface area contributed by atoms with E-state index in [2.05, 4.69) is 5.32 Å². The normalized spacial score (nSPS) is 32.8. The Hall–Kier alpha value is -2.16. The van der Waals surface area contributed by atoms with Crippen molar-refractivity contribution in [3.8, 4) is 0 Å². The smallest absolute Gasteiger partial charge is 0.326 e. The van der Waals surface area contributed by atoms with Gasteiger partial charge in [-0.05, 0) is 13.8 Å². The Balaban J connectivity index is 3.59. The van der Waals surface area contributed by atoms with E-state index in [0.29, 0.717) is 0 Å². The van der Waals surface area contributed by atoms with E-state index in [-0.39, 0.29) is 0 Å². The first-order valence-corrected chi connectivity index (χ1v) is 6.75. The van der Waals surface area contributed by atoms with Gasteiger partial charge in [-0.3, -0.25) is 24.5 Å². The molecule has 1 aliphatic rings. The highest BCUT2D eigenvalue weighted by Gasteiger charge is 2.69. The molecule has 1 saturated heterocycles. The lowest BCUT2D eigenvalue weighted by Crippen LogP contribution is -2.59. The number of hydrogen-bond donors (Lipinski definition) is 1. The van der Waals surface area contributed by atoms with Crippen LogP contribution in [-0.2, 0) is 38.1 Å². The van der Waals surface area contributed by atoms with Gasteiger partial charge < -0.3 is 18.9 Å². The number of rotatable bonds is 4. The Morgan fingerprint density at radius 3 is 1.22 bits per heavy atom. The molecule has 1 rings (SSSR count). The lowest BCUT2D eigenvalue weighted by Gasteiger charge is -2.28. The van der Waals surface area contributed by atoms with E-state index < -0.39 is 46.8 Å². The molecule has 1 aliphatic heterocycles. The molecule has 0 spiro atoms. The molecule has 0 bridgehead atoms. The average molecular weight is 331 g/mol. The van der Waals surface area contributed by atoms with Crippen LogP contribution in [0.5, 0.6) is 0 Å². The number of nitrogens with one attached hydrogen (secondary N) is 1. The van der Waals surface area contributed by atoms with Crippen LogP contribution < -0.4 is 5.32 Å². The van der Waals surface area contributed by atoms with E-state index in [1.165, 1.54) is 13.8 Å². The molecule has 1 fully saturated rings. The quantitative estimate of drug-likeness (QED) is 0.513. The van der Waals surface area contributed by atoms with E-state index in [9.17, 15) is 19.2 Å². The highest BCUT2D eigenvalue weighted by Crippen LogP contribution is 2.44. The summed E-state index contributed by atoms with van der Waals surface area (Å²) in [6.45, 7) is 2.70. The molecule has 9 heteroatoms. The number of esters is 4. The highest BCUT2D eigenvalue weighted by molar-refractivity contribution is 5.99. The lowest BCUT2D eigenvalue weighted by atomic mass is 9.75. The van der Waals surface area contributed by atoms with E-state index >= 15 is 0 Å². The summed E-state index contributed by atoms with van der Waals surface area (Å²) in [5.41, 5.74) is -3.35. The van der Waals surface area contributed by atoms with Crippen LogP contribution in [-0.4, -0.2) is 63.4 Å². The minimum absolute atomic E-state index is 0.825. The van der Waals surface area contributed by atoms with Gasteiger partial charge in [0.25, 0.3) is 0 Å². The van der Waals surface area contributed by atoms with Gasteiger partial charge in [-0.15, -0.1) is 0 Å². The second-order valence-electron chi connectivity index (χ2n) is 5.51. The topological polar surface area (TPSA) is 117 Å². The van der Waals surface area contributed by atoms with Crippen molar-refractivity contribution in [2.24, 2.45) is 11.8 Å². The molecule has 0 aromatic carbocycles. The fraction of sp³-hybridized carbons (Fsp3) is 0.714. The first-order chi connectivity index (χ1) is 10.6. The first-order valence-electron chi connectivity index (χ1n) is 6.75. The zero-order chi connectivity index (χ0) is 18.0. The van der Waals surface area contributed by atoms with Crippen LogP contribution >= 0.6 is 0 Å². The third-order valence-corrected chi connectivity index (χ3v) is 4.23. The van der Waals surface area contributed by atoms with Crippen molar-refractivity contribution in [3.63, 3.8) is 0 Å². The van der Waals surface area contributed by atoms with E-state index in [4.69, 9.17) is 18.9 Å². The molecular weight excluding hydrogens is 310 g/mol. The number of carbonyl (C=O) groups is 4. The van der Waals surface area contributed by atoms with Gasteiger partial charge in [0.1, 0.15) is 22.9 Å². The van der Waals surface area contributed by atoms with Crippen LogP contribution in [0.2, 0.25) is 0 Å². The Morgan fingerprint density at radius 2 is 1.00 bits per heavy atom. The van der Waals surface area contributed by atoms with Crippen molar-refractivity contribution in [1.29, 1.82) is 0 Å². The van der Waals surface area contributed by atoms with E-state index in [0.717, 1.165) is 28.4 Å². The predicted octanol–water partition coefficient (Wildman–Crippen LogP) is -0.969. The molecule has 0 unspecified atom stereocenters. The summed E-state index contributed by atoms with van der Waals surface area (Å²) in [6, 6.07) is 0. The van der Waals surface area contributed by atoms with Crippen LogP contribution in [0.25, 0.3) is 0 Å². The zero-order valence-electron chi connectivity index (χ0n) is 13.9. The minimum atomic E-state index is -1.68. The van der Waals surface area contributed by atoms with Crippen LogP contribution in [0.3, 0.4) is 0 Å². The maximum absolute atomic E-state index is 12.2. The Kier molecular flexibility index (Phi) is 5.36. The van der Waals surface area contributed by atoms with Gasteiger partial charge in [0.15, 0.2) is 0 Å². The molecule has 23 heavy (non-hydrogen) atoms. The van der Waals surface area contributed by atoms with Gasteiger partial charge in [0.2, 0.25) is 0 Å². The molecule has 0 radical (unpaired) electrons. The van der Waals surface area contributed by atoms with Gasteiger partial charge in [-0.25, -0.2) is 0 Å². The molecule has 130 valence electrons. The van der Waals surface area contributed by atoms with Gasteiger partial charge in [0, 0.05) is 0 Å². The van der Waals surface area contributed by atoms with E-state index in [1.54, 1.807) is 0 Å². The SMILES string of the molecule is COC(=O)[C@H]1[C@H](C(=O)OC)[C@@](C)(C(=O)OC)N[C@@]1(C)C(=O)OC. The third kappa shape index (κ3) is 2.76. The number of methoxy groups -OCH3 is 4. The van der Waals surface area contributed by atoms with Crippen LogP contribution in [0.4, 0.5) is 0 Å². The molecule has 0 amide bonds. The average Bonchev–Trinajstić information content (AvgIpc) is 2.81. The molecule has 0 aromatic heterocycles. The maximum Gasteiger partial charge on any atom is 0.326 e. The van der Waals surface area contributed by atoms with Crippen molar-refractivity contribution < 1.29 is 38.1 Å². The summed E-state index contributed by atoms with van der Waals surface area (Å²) < 4.78 is 18.9. The summed E-state index contributed by atoms with van der Waals surface area (Å²) in [7, 11) is 4.49. The van der Waals surface area contributed by atoms with Gasteiger partial charge in [0.05, 0.1) is 28.4 Å². The lowest BCUT2D eigenvalue weighted by molar-refractivity contribution is -0.165. The molecule has 0 aromatic rings. The molecule has 0 aliphatic carbocycles. The summed E-state index contributed by atoms with van der Waals surface area (Å²) in [5, 5.41) is 2.72.